The van der Waals surface area contributed by atoms with Gasteiger partial charge in [-0.2, -0.15) is 0 Å². The van der Waals surface area contributed by atoms with Crippen molar-refractivity contribution in [2.24, 2.45) is 11.8 Å². The summed E-state index contributed by atoms with van der Waals surface area (Å²) < 4.78 is 15.6. The van der Waals surface area contributed by atoms with Crippen LogP contribution in [0.3, 0.4) is 0 Å². The summed E-state index contributed by atoms with van der Waals surface area (Å²) in [6.07, 6.45) is 2.96. The molecule has 5 heteroatoms. The lowest BCUT2D eigenvalue weighted by atomic mass is 9.75. The molecule has 0 N–H and O–H groups in total. The van der Waals surface area contributed by atoms with Crippen LogP contribution in [0, 0.1) is 11.8 Å². The molecule has 3 aliphatic heterocycles. The highest BCUT2D eigenvalue weighted by molar-refractivity contribution is 5.87. The molecule has 1 spiro atoms. The van der Waals surface area contributed by atoms with E-state index in [9.17, 15) is 9.59 Å². The Morgan fingerprint density at radius 2 is 2.31 bits per heavy atom. The fourth-order valence-electron chi connectivity index (χ4n) is 2.96. The first-order valence-electron chi connectivity index (χ1n) is 5.25. The average molecular weight is 224 g/mol. The van der Waals surface area contributed by atoms with Gasteiger partial charge < -0.3 is 14.2 Å². The van der Waals surface area contributed by atoms with Crippen LogP contribution in [0.15, 0.2) is 12.2 Å². The second-order valence-corrected chi connectivity index (χ2v) is 4.40. The monoisotopic (exact) mass is 224 g/mol. The van der Waals surface area contributed by atoms with Crippen molar-refractivity contribution in [2.45, 2.75) is 24.7 Å². The quantitative estimate of drug-likeness (QED) is 0.465. The largest absolute Gasteiger partial charge is 0.469 e. The molecule has 0 aromatic carbocycles. The van der Waals surface area contributed by atoms with Gasteiger partial charge in [-0.1, -0.05) is 6.08 Å². The van der Waals surface area contributed by atoms with Gasteiger partial charge in [0, 0.05) is 0 Å². The maximum atomic E-state index is 11.7. The normalized spacial score (nSPS) is 48.0. The van der Waals surface area contributed by atoms with Crippen LogP contribution in [0.25, 0.3) is 0 Å². The molecule has 2 fully saturated rings. The smallest absolute Gasteiger partial charge is 0.313 e. The van der Waals surface area contributed by atoms with Crippen LogP contribution in [0.5, 0.6) is 0 Å². The Morgan fingerprint density at radius 1 is 1.56 bits per heavy atom. The van der Waals surface area contributed by atoms with E-state index in [1.165, 1.54) is 7.11 Å². The predicted molar refractivity (Wildman–Crippen MR) is 51.3 cm³/mol. The first-order chi connectivity index (χ1) is 7.60. The number of fused-ring (bicyclic) bond motifs is 1. The van der Waals surface area contributed by atoms with E-state index in [0.29, 0.717) is 0 Å². The summed E-state index contributed by atoms with van der Waals surface area (Å²) in [5.74, 6) is -1.89. The van der Waals surface area contributed by atoms with Gasteiger partial charge >= 0.3 is 11.9 Å². The molecule has 3 heterocycles. The number of hydrogen-bond acceptors (Lipinski definition) is 5. The van der Waals surface area contributed by atoms with E-state index in [0.717, 1.165) is 0 Å². The summed E-state index contributed by atoms with van der Waals surface area (Å²) in [6, 6.07) is 0. The Bertz CT molecular complexity index is 401. The Balaban J connectivity index is 2.05. The fraction of sp³-hybridized carbons (Fsp3) is 0.636. The highest BCUT2D eigenvalue weighted by atomic mass is 16.6. The summed E-state index contributed by atoms with van der Waals surface area (Å²) in [7, 11) is 1.31. The number of methoxy groups -OCH3 is 1. The number of hydrogen-bond donors (Lipinski definition) is 0. The van der Waals surface area contributed by atoms with Crippen molar-refractivity contribution in [3.8, 4) is 0 Å². The third-order valence-electron chi connectivity index (χ3n) is 3.74. The number of carbonyl (C=O) groups excluding carboxylic acids is 2. The zero-order valence-electron chi connectivity index (χ0n) is 9.01. The highest BCUT2D eigenvalue weighted by Crippen LogP contribution is 2.53. The lowest BCUT2D eigenvalue weighted by Gasteiger charge is -2.24. The maximum absolute atomic E-state index is 11.7. The zero-order chi connectivity index (χ0) is 11.5. The molecule has 2 saturated heterocycles. The summed E-state index contributed by atoms with van der Waals surface area (Å²) >= 11 is 0. The molecule has 0 unspecified atom stereocenters. The standard InChI is InChI=1S/C11H12O5/c1-5-11-4-3-6(16-11)7(9(12)14-2)8(11)10(13)15-5/h3-8H,1-2H3/t5-,6+,7-,8-,11+/m0/s1. The van der Waals surface area contributed by atoms with E-state index in [1.807, 2.05) is 12.2 Å². The van der Waals surface area contributed by atoms with Crippen molar-refractivity contribution in [1.82, 2.24) is 0 Å². The van der Waals surface area contributed by atoms with E-state index < -0.39 is 23.4 Å². The molecule has 2 bridgehead atoms. The van der Waals surface area contributed by atoms with Crippen molar-refractivity contribution < 1.29 is 23.8 Å². The van der Waals surface area contributed by atoms with Gasteiger partial charge in [0.25, 0.3) is 0 Å². The minimum absolute atomic E-state index is 0.346. The van der Waals surface area contributed by atoms with Crippen LogP contribution in [-0.2, 0) is 23.8 Å². The zero-order valence-corrected chi connectivity index (χ0v) is 9.01. The molecule has 3 rings (SSSR count). The molecule has 86 valence electrons. The Hall–Kier alpha value is -1.36. The van der Waals surface area contributed by atoms with Gasteiger partial charge in [0.1, 0.15) is 23.5 Å². The topological polar surface area (TPSA) is 61.8 Å². The number of cyclic esters (lactones) is 1. The number of esters is 2. The molecule has 0 saturated carbocycles. The molecule has 0 radical (unpaired) electrons. The van der Waals surface area contributed by atoms with Crippen molar-refractivity contribution in [2.75, 3.05) is 7.11 Å². The second-order valence-electron chi connectivity index (χ2n) is 4.40. The molecule has 5 nitrogen and oxygen atoms in total. The molecule has 0 amide bonds. The molecule has 5 atom stereocenters. The Labute approximate surface area is 92.3 Å². The minimum Gasteiger partial charge on any atom is -0.469 e. The average Bonchev–Trinajstić information content (AvgIpc) is 2.89. The third-order valence-corrected chi connectivity index (χ3v) is 3.74. The van der Waals surface area contributed by atoms with Crippen LogP contribution >= 0.6 is 0 Å². The van der Waals surface area contributed by atoms with Gasteiger partial charge in [-0.15, -0.1) is 0 Å². The summed E-state index contributed by atoms with van der Waals surface area (Å²) in [5, 5.41) is 0. The summed E-state index contributed by atoms with van der Waals surface area (Å²) in [5.41, 5.74) is -0.749. The number of rotatable bonds is 1. The van der Waals surface area contributed by atoms with Gasteiger partial charge in [0.15, 0.2) is 0 Å². The minimum atomic E-state index is -0.749. The maximum Gasteiger partial charge on any atom is 0.313 e. The van der Waals surface area contributed by atoms with Gasteiger partial charge in [-0.05, 0) is 13.0 Å². The Kier molecular flexibility index (Phi) is 1.75. The van der Waals surface area contributed by atoms with Crippen molar-refractivity contribution in [3.05, 3.63) is 12.2 Å². The van der Waals surface area contributed by atoms with Crippen LogP contribution in [0.1, 0.15) is 6.92 Å². The first kappa shape index (κ1) is 9.84. The van der Waals surface area contributed by atoms with Gasteiger partial charge in [-0.3, -0.25) is 9.59 Å². The molecule has 3 aliphatic rings. The molecule has 0 aliphatic carbocycles. The van der Waals surface area contributed by atoms with Gasteiger partial charge in [-0.25, -0.2) is 0 Å². The van der Waals surface area contributed by atoms with Crippen LogP contribution < -0.4 is 0 Å². The van der Waals surface area contributed by atoms with E-state index in [1.54, 1.807) is 6.92 Å². The number of ether oxygens (including phenoxy) is 3. The molecular formula is C11H12O5. The highest BCUT2D eigenvalue weighted by Gasteiger charge is 2.69. The molecule has 0 aromatic rings. The van der Waals surface area contributed by atoms with E-state index in [2.05, 4.69) is 0 Å². The lowest BCUT2D eigenvalue weighted by molar-refractivity contribution is -0.156. The van der Waals surface area contributed by atoms with E-state index in [-0.39, 0.29) is 18.2 Å². The molecule has 16 heavy (non-hydrogen) atoms. The van der Waals surface area contributed by atoms with Gasteiger partial charge in [0.2, 0.25) is 0 Å². The summed E-state index contributed by atoms with van der Waals surface area (Å²) in [6.45, 7) is 1.78. The van der Waals surface area contributed by atoms with Crippen LogP contribution in [-0.4, -0.2) is 36.9 Å². The summed E-state index contributed by atoms with van der Waals surface area (Å²) in [4.78, 5) is 23.4. The number of carbonyl (C=O) groups is 2. The predicted octanol–water partition coefficient (Wildman–Crippen LogP) is 0.0445. The van der Waals surface area contributed by atoms with Crippen LogP contribution in [0.4, 0.5) is 0 Å². The molecular weight excluding hydrogens is 212 g/mol. The second kappa shape index (κ2) is 2.85. The van der Waals surface area contributed by atoms with Crippen molar-refractivity contribution in [3.63, 3.8) is 0 Å². The first-order valence-corrected chi connectivity index (χ1v) is 5.25. The Morgan fingerprint density at radius 3 is 3.00 bits per heavy atom. The van der Waals surface area contributed by atoms with E-state index >= 15 is 0 Å². The van der Waals surface area contributed by atoms with E-state index in [4.69, 9.17) is 14.2 Å². The fourth-order valence-corrected chi connectivity index (χ4v) is 2.96. The van der Waals surface area contributed by atoms with Gasteiger partial charge in [0.05, 0.1) is 13.2 Å². The van der Waals surface area contributed by atoms with Crippen LogP contribution in [0.2, 0.25) is 0 Å². The third kappa shape index (κ3) is 0.899. The van der Waals surface area contributed by atoms with Crippen molar-refractivity contribution in [1.29, 1.82) is 0 Å². The lowest BCUT2D eigenvalue weighted by Crippen LogP contribution is -2.41. The van der Waals surface area contributed by atoms with Crippen molar-refractivity contribution >= 4 is 11.9 Å². The molecule has 0 aromatic heterocycles. The SMILES string of the molecule is COC(=O)[C@@H]1[C@H]2C(=O)O[C@@H](C)[C@]23C=C[C@H]1O3.